The number of halogens is 1. The molecule has 0 unspecified atom stereocenters. The van der Waals surface area contributed by atoms with Crippen LogP contribution in [0.25, 0.3) is 0 Å². The summed E-state index contributed by atoms with van der Waals surface area (Å²) in [7, 11) is 1.88. The van der Waals surface area contributed by atoms with Gasteiger partial charge in [-0.15, -0.1) is 10.2 Å². The summed E-state index contributed by atoms with van der Waals surface area (Å²) in [5.74, 6) is 1.14. The van der Waals surface area contributed by atoms with E-state index in [1.807, 2.05) is 35.9 Å². The van der Waals surface area contributed by atoms with Crippen LogP contribution in [0.3, 0.4) is 0 Å². The molecular formula is C13H15ClN4OS. The number of hydrogen-bond donors (Lipinski definition) is 1. The molecule has 5 nitrogen and oxygen atoms in total. The number of primary amides is 1. The van der Waals surface area contributed by atoms with E-state index in [4.69, 9.17) is 17.3 Å². The fourth-order valence-electron chi connectivity index (χ4n) is 1.68. The molecule has 0 radical (unpaired) electrons. The second kappa shape index (κ2) is 6.76. The summed E-state index contributed by atoms with van der Waals surface area (Å²) < 4.78 is 1.88. The molecule has 1 aromatic heterocycles. The molecular weight excluding hydrogens is 296 g/mol. The maximum Gasteiger partial charge on any atom is 0.217 e. The fraction of sp³-hybridized carbons (Fsp3) is 0.308. The van der Waals surface area contributed by atoms with Crippen LogP contribution in [0.5, 0.6) is 0 Å². The average Bonchev–Trinajstić information content (AvgIpc) is 2.76. The lowest BCUT2D eigenvalue weighted by atomic mass is 10.2. The van der Waals surface area contributed by atoms with Crippen molar-refractivity contribution in [3.63, 3.8) is 0 Å². The van der Waals surface area contributed by atoms with Crippen LogP contribution in [-0.4, -0.2) is 20.7 Å². The van der Waals surface area contributed by atoms with E-state index in [9.17, 15) is 4.79 Å². The van der Waals surface area contributed by atoms with E-state index in [0.717, 1.165) is 27.3 Å². The van der Waals surface area contributed by atoms with Gasteiger partial charge >= 0.3 is 0 Å². The second-order valence-electron chi connectivity index (χ2n) is 4.30. The largest absolute Gasteiger partial charge is 0.370 e. The van der Waals surface area contributed by atoms with Gasteiger partial charge < -0.3 is 10.3 Å². The van der Waals surface area contributed by atoms with E-state index in [2.05, 4.69) is 10.2 Å². The quantitative estimate of drug-likeness (QED) is 0.830. The Balaban J connectivity index is 2.00. The van der Waals surface area contributed by atoms with Crippen molar-refractivity contribution < 1.29 is 4.79 Å². The molecule has 0 aliphatic carbocycles. The molecule has 1 aromatic carbocycles. The van der Waals surface area contributed by atoms with Crippen molar-refractivity contribution in [1.29, 1.82) is 0 Å². The molecule has 0 aliphatic rings. The third-order valence-corrected chi connectivity index (χ3v) is 4.27. The summed E-state index contributed by atoms with van der Waals surface area (Å²) in [5, 5.41) is 9.74. The maximum atomic E-state index is 10.8. The van der Waals surface area contributed by atoms with Gasteiger partial charge in [0, 0.05) is 30.7 Å². The molecule has 7 heteroatoms. The van der Waals surface area contributed by atoms with Gasteiger partial charge in [-0.1, -0.05) is 41.6 Å². The van der Waals surface area contributed by atoms with Crippen LogP contribution in [-0.2, 0) is 24.0 Å². The normalized spacial score (nSPS) is 10.7. The predicted molar refractivity (Wildman–Crippen MR) is 79.5 cm³/mol. The fourth-order valence-corrected chi connectivity index (χ4v) is 2.90. The lowest BCUT2D eigenvalue weighted by Gasteiger charge is -2.04. The highest BCUT2D eigenvalue weighted by atomic mass is 35.5. The Hall–Kier alpha value is -1.53. The van der Waals surface area contributed by atoms with E-state index in [-0.39, 0.29) is 12.3 Å². The minimum absolute atomic E-state index is 0.279. The van der Waals surface area contributed by atoms with E-state index in [1.165, 1.54) is 0 Å². The Morgan fingerprint density at radius 1 is 1.40 bits per heavy atom. The van der Waals surface area contributed by atoms with Gasteiger partial charge in [0.25, 0.3) is 0 Å². The van der Waals surface area contributed by atoms with Gasteiger partial charge in [0.15, 0.2) is 5.16 Å². The minimum Gasteiger partial charge on any atom is -0.370 e. The molecule has 0 fully saturated rings. The summed E-state index contributed by atoms with van der Waals surface area (Å²) in [4.78, 5) is 10.8. The van der Waals surface area contributed by atoms with Gasteiger partial charge in [0.05, 0.1) is 0 Å². The summed E-state index contributed by atoms with van der Waals surface area (Å²) >= 11 is 7.67. The molecule has 2 rings (SSSR count). The number of nitrogens with zero attached hydrogens (tertiary/aromatic N) is 3. The number of nitrogens with two attached hydrogens (primary N) is 1. The van der Waals surface area contributed by atoms with Gasteiger partial charge in [0.2, 0.25) is 5.91 Å². The van der Waals surface area contributed by atoms with Crippen molar-refractivity contribution in [2.24, 2.45) is 12.8 Å². The van der Waals surface area contributed by atoms with Crippen molar-refractivity contribution in [2.75, 3.05) is 0 Å². The summed E-state index contributed by atoms with van der Waals surface area (Å²) in [5.41, 5.74) is 6.19. The standard InChI is InChI=1S/C13H15ClN4OS/c1-18-12(7-6-11(15)19)16-17-13(18)20-8-9-4-2-3-5-10(9)14/h2-5H,6-8H2,1H3,(H2,15,19). The van der Waals surface area contributed by atoms with Gasteiger partial charge in [-0.3, -0.25) is 4.79 Å². The Morgan fingerprint density at radius 3 is 2.85 bits per heavy atom. The molecule has 20 heavy (non-hydrogen) atoms. The van der Waals surface area contributed by atoms with Crippen molar-refractivity contribution in [3.8, 4) is 0 Å². The molecule has 0 bridgehead atoms. The highest BCUT2D eigenvalue weighted by molar-refractivity contribution is 7.98. The van der Waals surface area contributed by atoms with Gasteiger partial charge in [-0.05, 0) is 11.6 Å². The number of hydrogen-bond acceptors (Lipinski definition) is 4. The van der Waals surface area contributed by atoms with E-state index >= 15 is 0 Å². The summed E-state index contributed by atoms with van der Waals surface area (Å²) in [6.45, 7) is 0. The minimum atomic E-state index is -0.335. The van der Waals surface area contributed by atoms with Crippen LogP contribution in [0.2, 0.25) is 5.02 Å². The zero-order valence-electron chi connectivity index (χ0n) is 11.0. The van der Waals surface area contributed by atoms with Crippen LogP contribution in [0.1, 0.15) is 17.8 Å². The summed E-state index contributed by atoms with van der Waals surface area (Å²) in [6, 6.07) is 7.71. The van der Waals surface area contributed by atoms with Crippen molar-refractivity contribution in [2.45, 2.75) is 23.8 Å². The Kier molecular flexibility index (Phi) is 5.03. The number of benzene rings is 1. The smallest absolute Gasteiger partial charge is 0.217 e. The number of amides is 1. The first-order valence-electron chi connectivity index (χ1n) is 6.10. The van der Waals surface area contributed by atoms with E-state index in [0.29, 0.717) is 6.42 Å². The first-order valence-corrected chi connectivity index (χ1v) is 7.47. The average molecular weight is 311 g/mol. The topological polar surface area (TPSA) is 73.8 Å². The molecule has 2 aromatic rings. The number of carbonyl (C=O) groups excluding carboxylic acids is 1. The first-order chi connectivity index (χ1) is 9.58. The zero-order chi connectivity index (χ0) is 14.5. The highest BCUT2D eigenvalue weighted by Gasteiger charge is 2.11. The molecule has 1 amide bonds. The summed E-state index contributed by atoms with van der Waals surface area (Å²) in [6.07, 6.45) is 0.784. The van der Waals surface area contributed by atoms with Gasteiger partial charge in [-0.2, -0.15) is 0 Å². The predicted octanol–water partition coefficient (Wildman–Crippen LogP) is 2.18. The Labute approximate surface area is 126 Å². The molecule has 0 spiro atoms. The Morgan fingerprint density at radius 2 is 2.15 bits per heavy atom. The number of carbonyl (C=O) groups is 1. The zero-order valence-corrected chi connectivity index (χ0v) is 12.6. The van der Waals surface area contributed by atoms with E-state index in [1.54, 1.807) is 11.8 Å². The molecule has 2 N–H and O–H groups in total. The number of rotatable bonds is 6. The third kappa shape index (κ3) is 3.74. The van der Waals surface area contributed by atoms with Gasteiger partial charge in [-0.25, -0.2) is 0 Å². The van der Waals surface area contributed by atoms with Crippen molar-refractivity contribution in [3.05, 3.63) is 40.7 Å². The molecule has 1 heterocycles. The van der Waals surface area contributed by atoms with Crippen LogP contribution in [0.15, 0.2) is 29.4 Å². The maximum absolute atomic E-state index is 10.8. The number of aryl methyl sites for hydroxylation is 1. The lowest BCUT2D eigenvalue weighted by molar-refractivity contribution is -0.118. The SMILES string of the molecule is Cn1c(CCC(N)=O)nnc1SCc1ccccc1Cl. The number of thioether (sulfide) groups is 1. The third-order valence-electron chi connectivity index (χ3n) is 2.83. The highest BCUT2D eigenvalue weighted by Crippen LogP contribution is 2.25. The van der Waals surface area contributed by atoms with Crippen LogP contribution >= 0.6 is 23.4 Å². The molecule has 106 valence electrons. The molecule has 0 saturated heterocycles. The van der Waals surface area contributed by atoms with Crippen LogP contribution < -0.4 is 5.73 Å². The van der Waals surface area contributed by atoms with Crippen molar-refractivity contribution >= 4 is 29.3 Å². The van der Waals surface area contributed by atoms with Crippen LogP contribution in [0, 0.1) is 0 Å². The molecule has 0 aliphatic heterocycles. The second-order valence-corrected chi connectivity index (χ2v) is 5.65. The Bertz CT molecular complexity index is 614. The number of aromatic nitrogens is 3. The van der Waals surface area contributed by atoms with Crippen LogP contribution in [0.4, 0.5) is 0 Å². The molecule has 0 atom stereocenters. The lowest BCUT2D eigenvalue weighted by Crippen LogP contribution is -2.12. The molecule has 0 saturated carbocycles. The van der Waals surface area contributed by atoms with Crippen molar-refractivity contribution in [1.82, 2.24) is 14.8 Å². The first kappa shape index (κ1) is 14.9. The monoisotopic (exact) mass is 310 g/mol. The van der Waals surface area contributed by atoms with E-state index < -0.39 is 0 Å². The van der Waals surface area contributed by atoms with Gasteiger partial charge in [0.1, 0.15) is 5.82 Å².